The Morgan fingerprint density at radius 1 is 1.47 bits per heavy atom. The Hall–Kier alpha value is -1.13. The zero-order valence-electron chi connectivity index (χ0n) is 9.66. The van der Waals surface area contributed by atoms with E-state index in [1.54, 1.807) is 6.20 Å². The van der Waals surface area contributed by atoms with E-state index in [4.69, 9.17) is 10.5 Å². The molecule has 4 nitrogen and oxygen atoms in total. The minimum Gasteiger partial charge on any atom is -0.492 e. The summed E-state index contributed by atoms with van der Waals surface area (Å²) in [4.78, 5) is 6.26. The fourth-order valence-electron chi connectivity index (χ4n) is 1.19. The molecule has 0 unspecified atom stereocenters. The lowest BCUT2D eigenvalue weighted by Gasteiger charge is -2.13. The summed E-state index contributed by atoms with van der Waals surface area (Å²) in [6.07, 6.45) is 1.78. The maximum Gasteiger partial charge on any atom is 0.127 e. The van der Waals surface area contributed by atoms with Gasteiger partial charge in [-0.1, -0.05) is 0 Å². The van der Waals surface area contributed by atoms with Gasteiger partial charge in [0.2, 0.25) is 0 Å². The second-order valence-electron chi connectivity index (χ2n) is 3.79. The van der Waals surface area contributed by atoms with Gasteiger partial charge in [0, 0.05) is 36.6 Å². The highest BCUT2D eigenvalue weighted by Crippen LogP contribution is 2.17. The summed E-state index contributed by atoms with van der Waals surface area (Å²) >= 11 is 0. The average molecular weight is 209 g/mol. The molecule has 4 heteroatoms. The molecule has 0 atom stereocenters. The number of nitrogens with two attached hydrogens (primary N) is 1. The highest BCUT2D eigenvalue weighted by atomic mass is 16.5. The van der Waals surface area contributed by atoms with Crippen molar-refractivity contribution in [1.82, 2.24) is 9.88 Å². The molecular formula is C11H19N3O. The van der Waals surface area contributed by atoms with E-state index in [1.165, 1.54) is 0 Å². The maximum absolute atomic E-state index is 5.66. The van der Waals surface area contributed by atoms with E-state index in [0.717, 1.165) is 23.6 Å². The summed E-state index contributed by atoms with van der Waals surface area (Å²) in [6, 6.07) is 1.93. The van der Waals surface area contributed by atoms with Gasteiger partial charge in [-0.15, -0.1) is 0 Å². The number of likely N-dealkylation sites (N-methyl/N-ethyl adjacent to an activating group) is 1. The maximum atomic E-state index is 5.66. The Morgan fingerprint density at radius 3 is 2.80 bits per heavy atom. The Bertz CT molecular complexity index is 313. The molecule has 0 saturated carbocycles. The van der Waals surface area contributed by atoms with Crippen molar-refractivity contribution in [3.05, 3.63) is 23.5 Å². The fourth-order valence-corrected chi connectivity index (χ4v) is 1.19. The summed E-state index contributed by atoms with van der Waals surface area (Å²) in [5, 5.41) is 0. The number of pyridine rings is 1. The number of hydrogen-bond donors (Lipinski definition) is 1. The lowest BCUT2D eigenvalue weighted by Crippen LogP contribution is -2.20. The van der Waals surface area contributed by atoms with E-state index in [-0.39, 0.29) is 0 Å². The summed E-state index contributed by atoms with van der Waals surface area (Å²) in [5.74, 6) is 0.854. The second kappa shape index (κ2) is 5.68. The van der Waals surface area contributed by atoms with Gasteiger partial charge >= 0.3 is 0 Å². The molecule has 0 aromatic carbocycles. The van der Waals surface area contributed by atoms with E-state index in [2.05, 4.69) is 9.88 Å². The zero-order chi connectivity index (χ0) is 11.3. The molecule has 0 radical (unpaired) electrons. The summed E-state index contributed by atoms with van der Waals surface area (Å²) in [6.45, 7) is 3.97. The summed E-state index contributed by atoms with van der Waals surface area (Å²) < 4.78 is 5.66. The SMILES string of the molecule is Cc1cc(OCCN(C)C)c(CN)cn1. The quantitative estimate of drug-likeness (QED) is 0.779. The Kier molecular flexibility index (Phi) is 4.52. The molecular weight excluding hydrogens is 190 g/mol. The molecule has 2 N–H and O–H groups in total. The van der Waals surface area contributed by atoms with E-state index in [9.17, 15) is 0 Å². The monoisotopic (exact) mass is 209 g/mol. The second-order valence-corrected chi connectivity index (χ2v) is 3.79. The topological polar surface area (TPSA) is 51.4 Å². The van der Waals surface area contributed by atoms with Crippen molar-refractivity contribution in [2.24, 2.45) is 5.73 Å². The van der Waals surface area contributed by atoms with Gasteiger partial charge in [0.05, 0.1) is 0 Å². The first-order chi connectivity index (χ1) is 7.13. The first-order valence-electron chi connectivity index (χ1n) is 5.06. The number of aryl methyl sites for hydroxylation is 1. The third-order valence-corrected chi connectivity index (χ3v) is 2.10. The van der Waals surface area contributed by atoms with Crippen molar-refractivity contribution in [1.29, 1.82) is 0 Å². The van der Waals surface area contributed by atoms with Crippen LogP contribution < -0.4 is 10.5 Å². The minimum absolute atomic E-state index is 0.463. The van der Waals surface area contributed by atoms with Crippen molar-refractivity contribution < 1.29 is 4.74 Å². The van der Waals surface area contributed by atoms with Gasteiger partial charge in [-0.3, -0.25) is 4.98 Å². The van der Waals surface area contributed by atoms with Crippen LogP contribution in [0.3, 0.4) is 0 Å². The molecule has 0 amide bonds. The van der Waals surface area contributed by atoms with Crippen LogP contribution in [0.5, 0.6) is 5.75 Å². The van der Waals surface area contributed by atoms with Crippen molar-refractivity contribution in [3.63, 3.8) is 0 Å². The van der Waals surface area contributed by atoms with Crippen LogP contribution in [0.2, 0.25) is 0 Å². The zero-order valence-corrected chi connectivity index (χ0v) is 9.66. The molecule has 0 bridgehead atoms. The van der Waals surface area contributed by atoms with Crippen LogP contribution >= 0.6 is 0 Å². The minimum atomic E-state index is 0.463. The van der Waals surface area contributed by atoms with Crippen LogP contribution in [0.1, 0.15) is 11.3 Å². The highest BCUT2D eigenvalue weighted by molar-refractivity contribution is 5.32. The van der Waals surface area contributed by atoms with Gasteiger partial charge in [-0.2, -0.15) is 0 Å². The molecule has 0 aliphatic heterocycles. The molecule has 0 spiro atoms. The molecule has 1 aromatic rings. The molecule has 0 fully saturated rings. The van der Waals surface area contributed by atoms with Crippen molar-refractivity contribution in [3.8, 4) is 5.75 Å². The first-order valence-corrected chi connectivity index (χ1v) is 5.06. The molecule has 84 valence electrons. The number of rotatable bonds is 5. The molecule has 1 heterocycles. The van der Waals surface area contributed by atoms with Crippen molar-refractivity contribution >= 4 is 0 Å². The van der Waals surface area contributed by atoms with Gasteiger partial charge in [0.25, 0.3) is 0 Å². The van der Waals surface area contributed by atoms with Gasteiger partial charge in [-0.25, -0.2) is 0 Å². The third kappa shape index (κ3) is 3.85. The predicted octanol–water partition coefficient (Wildman–Crippen LogP) is 0.789. The van der Waals surface area contributed by atoms with E-state index >= 15 is 0 Å². The van der Waals surface area contributed by atoms with Crippen LogP contribution in [0.15, 0.2) is 12.3 Å². The third-order valence-electron chi connectivity index (χ3n) is 2.10. The molecule has 1 aromatic heterocycles. The number of ether oxygens (including phenoxy) is 1. The summed E-state index contributed by atoms with van der Waals surface area (Å²) in [7, 11) is 4.04. The standard InChI is InChI=1S/C11H19N3O/c1-9-6-11(10(7-12)8-13-9)15-5-4-14(2)3/h6,8H,4-5,7,12H2,1-3H3. The Morgan fingerprint density at radius 2 is 2.20 bits per heavy atom. The van der Waals surface area contributed by atoms with Crippen LogP contribution in [0.25, 0.3) is 0 Å². The fraction of sp³-hybridized carbons (Fsp3) is 0.545. The number of hydrogen-bond acceptors (Lipinski definition) is 4. The molecule has 1 rings (SSSR count). The molecule has 0 saturated heterocycles. The lowest BCUT2D eigenvalue weighted by atomic mass is 10.2. The van der Waals surface area contributed by atoms with Gasteiger partial charge in [0.1, 0.15) is 12.4 Å². The normalized spacial score (nSPS) is 10.7. The average Bonchev–Trinajstić information content (AvgIpc) is 2.17. The van der Waals surface area contributed by atoms with Gasteiger partial charge in [-0.05, 0) is 21.0 Å². The van der Waals surface area contributed by atoms with E-state index in [1.807, 2.05) is 27.1 Å². The summed E-state index contributed by atoms with van der Waals surface area (Å²) in [5.41, 5.74) is 7.51. The highest BCUT2D eigenvalue weighted by Gasteiger charge is 2.03. The number of aromatic nitrogens is 1. The van der Waals surface area contributed by atoms with Gasteiger partial charge < -0.3 is 15.4 Å². The van der Waals surface area contributed by atoms with Crippen molar-refractivity contribution in [2.75, 3.05) is 27.2 Å². The first kappa shape index (κ1) is 11.9. The van der Waals surface area contributed by atoms with Crippen LogP contribution in [0, 0.1) is 6.92 Å². The molecule has 15 heavy (non-hydrogen) atoms. The predicted molar refractivity (Wildman–Crippen MR) is 60.9 cm³/mol. The van der Waals surface area contributed by atoms with Crippen LogP contribution in [-0.4, -0.2) is 37.1 Å². The largest absolute Gasteiger partial charge is 0.492 e. The van der Waals surface area contributed by atoms with E-state index in [0.29, 0.717) is 13.2 Å². The molecule has 0 aliphatic rings. The van der Waals surface area contributed by atoms with Crippen LogP contribution in [0.4, 0.5) is 0 Å². The smallest absolute Gasteiger partial charge is 0.127 e. The Balaban J connectivity index is 2.62. The van der Waals surface area contributed by atoms with E-state index < -0.39 is 0 Å². The number of nitrogens with zero attached hydrogens (tertiary/aromatic N) is 2. The van der Waals surface area contributed by atoms with Gasteiger partial charge in [0.15, 0.2) is 0 Å². The van der Waals surface area contributed by atoms with Crippen molar-refractivity contribution in [2.45, 2.75) is 13.5 Å². The molecule has 0 aliphatic carbocycles. The Labute approximate surface area is 91.1 Å². The lowest BCUT2D eigenvalue weighted by molar-refractivity contribution is 0.259. The van der Waals surface area contributed by atoms with Crippen LogP contribution in [-0.2, 0) is 6.54 Å².